The minimum Gasteiger partial charge on any atom is -0.397 e. The molecular weight excluding hydrogens is 370 g/mol. The van der Waals surface area contributed by atoms with Crippen LogP contribution in [0.4, 0.5) is 11.4 Å². The summed E-state index contributed by atoms with van der Waals surface area (Å²) in [7, 11) is 0. The minimum atomic E-state index is -0.444. The van der Waals surface area contributed by atoms with Crippen molar-refractivity contribution in [2.24, 2.45) is 16.6 Å². The van der Waals surface area contributed by atoms with Crippen molar-refractivity contribution >= 4 is 45.5 Å². The molecule has 2 aliphatic rings. The van der Waals surface area contributed by atoms with Gasteiger partial charge in [-0.05, 0) is 24.6 Å². The predicted octanol–water partition coefficient (Wildman–Crippen LogP) is 2.27. The maximum absolute atomic E-state index is 12.4. The molecule has 0 aliphatic carbocycles. The van der Waals surface area contributed by atoms with Gasteiger partial charge >= 0.3 is 0 Å². The number of pyridine rings is 1. The van der Waals surface area contributed by atoms with Gasteiger partial charge in [-0.3, -0.25) is 4.79 Å². The van der Waals surface area contributed by atoms with Crippen LogP contribution in [0.2, 0.25) is 0 Å². The molecule has 2 aromatic heterocycles. The van der Waals surface area contributed by atoms with E-state index < -0.39 is 5.54 Å². The summed E-state index contributed by atoms with van der Waals surface area (Å²) in [6.45, 7) is 1.27. The molecule has 26 heavy (non-hydrogen) atoms. The highest BCUT2D eigenvalue weighted by Crippen LogP contribution is 2.46. The van der Waals surface area contributed by atoms with E-state index in [0.717, 1.165) is 29.3 Å². The topological polar surface area (TPSA) is 116 Å². The fraction of sp³-hybridized carbons (Fsp3) is 0.353. The van der Waals surface area contributed by atoms with E-state index in [-0.39, 0.29) is 5.91 Å². The zero-order valence-electron chi connectivity index (χ0n) is 14.0. The number of nitrogens with zero attached hydrogens (tertiary/aromatic N) is 2. The van der Waals surface area contributed by atoms with E-state index in [1.54, 1.807) is 35.2 Å². The Bertz CT molecular complexity index is 851. The molecule has 0 radical (unpaired) electrons. The average Bonchev–Trinajstić information content (AvgIpc) is 3.11. The smallest absolute Gasteiger partial charge is 0.274 e. The van der Waals surface area contributed by atoms with Gasteiger partial charge in [0.1, 0.15) is 11.2 Å². The second-order valence-electron chi connectivity index (χ2n) is 6.35. The molecule has 9 heteroatoms. The normalized spacial score (nSPS) is 25.2. The summed E-state index contributed by atoms with van der Waals surface area (Å²) in [6, 6.07) is 5.22. The molecule has 4 heterocycles. The Kier molecular flexibility index (Phi) is 4.60. The fourth-order valence-corrected chi connectivity index (χ4v) is 5.35. The number of carbonyl (C=O) groups excluding carboxylic acids is 1. The zero-order chi connectivity index (χ0) is 18.1. The molecule has 4 rings (SSSR count). The Morgan fingerprint density at radius 1 is 1.38 bits per heavy atom. The number of amidine groups is 1. The summed E-state index contributed by atoms with van der Waals surface area (Å²) < 4.78 is 5.74. The van der Waals surface area contributed by atoms with Gasteiger partial charge < -0.3 is 21.5 Å². The Morgan fingerprint density at radius 2 is 2.27 bits per heavy atom. The lowest BCUT2D eigenvalue weighted by Crippen LogP contribution is -2.47. The number of thiophene rings is 1. The first-order valence-electron chi connectivity index (χ1n) is 8.24. The highest BCUT2D eigenvalue weighted by molar-refractivity contribution is 8.13. The molecule has 2 aromatic rings. The van der Waals surface area contributed by atoms with Crippen molar-refractivity contribution in [2.45, 2.75) is 12.0 Å². The van der Waals surface area contributed by atoms with E-state index in [4.69, 9.17) is 21.2 Å². The van der Waals surface area contributed by atoms with Crippen LogP contribution in [0.5, 0.6) is 0 Å². The lowest BCUT2D eigenvalue weighted by Gasteiger charge is -2.42. The second-order valence-corrected chi connectivity index (χ2v) is 8.31. The summed E-state index contributed by atoms with van der Waals surface area (Å²) in [4.78, 5) is 22.2. The van der Waals surface area contributed by atoms with Crippen molar-refractivity contribution in [1.29, 1.82) is 0 Å². The molecule has 7 nitrogen and oxygen atoms in total. The summed E-state index contributed by atoms with van der Waals surface area (Å²) in [5.74, 6) is 1.05. The molecule has 2 unspecified atom stereocenters. The van der Waals surface area contributed by atoms with E-state index in [1.807, 2.05) is 11.4 Å². The van der Waals surface area contributed by atoms with Crippen LogP contribution in [-0.4, -0.2) is 35.0 Å². The molecule has 1 saturated heterocycles. The van der Waals surface area contributed by atoms with E-state index in [1.165, 1.54) is 6.20 Å². The Labute approximate surface area is 159 Å². The maximum atomic E-state index is 12.4. The number of amides is 1. The number of thioether (sulfide) groups is 1. The van der Waals surface area contributed by atoms with E-state index >= 15 is 0 Å². The third-order valence-corrected chi connectivity index (χ3v) is 6.71. The van der Waals surface area contributed by atoms with Crippen molar-refractivity contribution in [1.82, 2.24) is 4.98 Å². The first-order chi connectivity index (χ1) is 12.6. The second kappa shape index (κ2) is 6.90. The number of fused-ring (bicyclic) bond motifs is 1. The van der Waals surface area contributed by atoms with Gasteiger partial charge in [0.15, 0.2) is 5.17 Å². The van der Waals surface area contributed by atoms with Gasteiger partial charge in [-0.15, -0.1) is 11.3 Å². The molecule has 5 N–H and O–H groups in total. The average molecular weight is 390 g/mol. The molecule has 1 amide bonds. The highest BCUT2D eigenvalue weighted by atomic mass is 32.2. The molecule has 0 bridgehead atoms. The number of nitrogen functional groups attached to an aromatic ring is 1. The Morgan fingerprint density at radius 3 is 3.08 bits per heavy atom. The van der Waals surface area contributed by atoms with Crippen LogP contribution in [0.25, 0.3) is 0 Å². The molecule has 2 atom stereocenters. The lowest BCUT2D eigenvalue weighted by atomic mass is 9.81. The van der Waals surface area contributed by atoms with Crippen molar-refractivity contribution in [3.63, 3.8) is 0 Å². The summed E-state index contributed by atoms with van der Waals surface area (Å²) >= 11 is 3.17. The largest absolute Gasteiger partial charge is 0.397 e. The number of anilines is 2. The van der Waals surface area contributed by atoms with Gasteiger partial charge in [-0.1, -0.05) is 11.8 Å². The molecule has 0 saturated carbocycles. The number of aromatic nitrogens is 1. The number of rotatable bonds is 3. The van der Waals surface area contributed by atoms with E-state index in [9.17, 15) is 4.79 Å². The van der Waals surface area contributed by atoms with Gasteiger partial charge in [-0.2, -0.15) is 0 Å². The monoisotopic (exact) mass is 389 g/mol. The first-order valence-corrected chi connectivity index (χ1v) is 10.1. The fourth-order valence-electron chi connectivity index (χ4n) is 3.26. The zero-order valence-corrected chi connectivity index (χ0v) is 15.6. The number of ether oxygens (including phenoxy) is 1. The van der Waals surface area contributed by atoms with E-state index in [0.29, 0.717) is 29.1 Å². The molecule has 0 aromatic carbocycles. The predicted molar refractivity (Wildman–Crippen MR) is 106 cm³/mol. The number of hydrogen-bond donors (Lipinski definition) is 3. The third kappa shape index (κ3) is 3.17. The summed E-state index contributed by atoms with van der Waals surface area (Å²) in [5, 5.41) is 5.39. The lowest BCUT2D eigenvalue weighted by molar-refractivity contribution is 0.00613. The van der Waals surface area contributed by atoms with Gasteiger partial charge in [-0.25, -0.2) is 9.98 Å². The molecule has 1 fully saturated rings. The van der Waals surface area contributed by atoms with Crippen LogP contribution < -0.4 is 16.8 Å². The minimum absolute atomic E-state index is 0.273. The summed E-state index contributed by atoms with van der Waals surface area (Å²) in [5.41, 5.74) is 12.7. The molecular formula is C17H19N5O2S2. The van der Waals surface area contributed by atoms with Crippen molar-refractivity contribution in [3.05, 3.63) is 40.3 Å². The molecule has 2 aliphatic heterocycles. The number of hydrogen-bond acceptors (Lipinski definition) is 8. The highest BCUT2D eigenvalue weighted by Gasteiger charge is 2.46. The number of nitrogens with one attached hydrogen (secondary N) is 1. The van der Waals surface area contributed by atoms with Crippen LogP contribution in [0.3, 0.4) is 0 Å². The van der Waals surface area contributed by atoms with Crippen molar-refractivity contribution < 1.29 is 9.53 Å². The number of aliphatic imine (C=N–C) groups is 1. The van der Waals surface area contributed by atoms with Gasteiger partial charge in [0.2, 0.25) is 0 Å². The Balaban J connectivity index is 1.58. The first kappa shape index (κ1) is 17.3. The van der Waals surface area contributed by atoms with Crippen LogP contribution in [-0.2, 0) is 10.3 Å². The Hall–Kier alpha value is -2.10. The number of carbonyl (C=O) groups is 1. The summed E-state index contributed by atoms with van der Waals surface area (Å²) in [6.07, 6.45) is 2.42. The molecule has 0 spiro atoms. The maximum Gasteiger partial charge on any atom is 0.274 e. The molecule has 136 valence electrons. The third-order valence-electron chi connectivity index (χ3n) is 4.65. The SMILES string of the molecule is NC1=NC2(c3cc(NC(=O)c4ccc(N)cn4)cs3)COCCC2CS1. The van der Waals surface area contributed by atoms with Crippen LogP contribution in [0, 0.1) is 5.92 Å². The number of nitrogens with two attached hydrogens (primary N) is 2. The standard InChI is InChI=1S/C17H19N5O2S2/c18-11-1-2-13(20-6-11)15(23)21-12-5-14(25-8-12)17-9-24-4-3-10(17)7-26-16(19)22-17/h1-2,5-6,8,10H,3-4,7,9,18H2,(H2,19,22)(H,21,23). The van der Waals surface area contributed by atoms with Crippen LogP contribution >= 0.6 is 23.1 Å². The quantitative estimate of drug-likeness (QED) is 0.742. The van der Waals surface area contributed by atoms with Gasteiger partial charge in [0.05, 0.1) is 24.2 Å². The van der Waals surface area contributed by atoms with Crippen molar-refractivity contribution in [3.8, 4) is 0 Å². The van der Waals surface area contributed by atoms with Gasteiger partial charge in [0, 0.05) is 28.5 Å². The van der Waals surface area contributed by atoms with E-state index in [2.05, 4.69) is 10.3 Å². The van der Waals surface area contributed by atoms with Crippen LogP contribution in [0.1, 0.15) is 21.8 Å². The van der Waals surface area contributed by atoms with Crippen molar-refractivity contribution in [2.75, 3.05) is 30.0 Å². The van der Waals surface area contributed by atoms with Gasteiger partial charge in [0.25, 0.3) is 5.91 Å². The van der Waals surface area contributed by atoms with Crippen LogP contribution in [0.15, 0.2) is 34.8 Å².